The number of aromatic nitrogens is 3. The molecule has 0 spiro atoms. The van der Waals surface area contributed by atoms with Crippen molar-refractivity contribution in [2.24, 2.45) is 0 Å². The number of pyridine rings is 2. The fourth-order valence-electron chi connectivity index (χ4n) is 7.97. The number of rotatable bonds is 3. The van der Waals surface area contributed by atoms with E-state index in [2.05, 4.69) is 161 Å². The van der Waals surface area contributed by atoms with Crippen molar-refractivity contribution in [1.29, 1.82) is 0 Å². The molecule has 50 heavy (non-hydrogen) atoms. The van der Waals surface area contributed by atoms with Crippen LogP contribution in [0.4, 0.5) is 0 Å². The second-order valence-corrected chi connectivity index (χ2v) is 13.0. The summed E-state index contributed by atoms with van der Waals surface area (Å²) in [6.07, 6.45) is 1.84. The molecule has 0 amide bonds. The van der Waals surface area contributed by atoms with Crippen LogP contribution >= 0.6 is 0 Å². The molecular weight excluding hydrogens is 611 g/mol. The molecule has 0 fully saturated rings. The lowest BCUT2D eigenvalue weighted by Crippen LogP contribution is -1.94. The number of fused-ring (bicyclic) bond motifs is 11. The summed E-state index contributed by atoms with van der Waals surface area (Å²) in [4.78, 5) is 9.84. The zero-order chi connectivity index (χ0) is 32.8. The van der Waals surface area contributed by atoms with E-state index in [-0.39, 0.29) is 0 Å². The molecule has 11 aromatic rings. The van der Waals surface area contributed by atoms with Gasteiger partial charge in [0.1, 0.15) is 11.2 Å². The third kappa shape index (κ3) is 3.87. The fourth-order valence-corrected chi connectivity index (χ4v) is 7.97. The Bertz CT molecular complexity index is 3110. The fraction of sp³-hybridized carbons (Fsp3) is 0. The van der Waals surface area contributed by atoms with Gasteiger partial charge in [0.05, 0.1) is 38.8 Å². The summed E-state index contributed by atoms with van der Waals surface area (Å²) in [5.74, 6) is 0. The van der Waals surface area contributed by atoms with Gasteiger partial charge in [0.25, 0.3) is 0 Å². The van der Waals surface area contributed by atoms with Gasteiger partial charge in [-0.3, -0.25) is 4.98 Å². The van der Waals surface area contributed by atoms with Crippen LogP contribution in [-0.4, -0.2) is 14.5 Å². The molecule has 0 atom stereocenters. The molecule has 11 rings (SSSR count). The lowest BCUT2D eigenvalue weighted by atomic mass is 9.93. The van der Waals surface area contributed by atoms with Gasteiger partial charge >= 0.3 is 0 Å². The van der Waals surface area contributed by atoms with Gasteiger partial charge in [0.15, 0.2) is 0 Å². The molecule has 0 bridgehead atoms. The van der Waals surface area contributed by atoms with Crippen LogP contribution in [0.15, 0.2) is 168 Å². The van der Waals surface area contributed by atoms with Crippen LogP contribution in [0, 0.1) is 0 Å². The van der Waals surface area contributed by atoms with Crippen molar-refractivity contribution in [2.45, 2.75) is 0 Å². The van der Waals surface area contributed by atoms with E-state index < -0.39 is 0 Å². The van der Waals surface area contributed by atoms with Gasteiger partial charge in [0.2, 0.25) is 0 Å². The summed E-state index contributed by atoms with van der Waals surface area (Å²) < 4.78 is 9.15. The Kier molecular flexibility index (Phi) is 5.63. The molecule has 0 saturated carbocycles. The Morgan fingerprint density at radius 1 is 0.480 bits per heavy atom. The van der Waals surface area contributed by atoms with Gasteiger partial charge in [-0.2, -0.15) is 0 Å². The maximum atomic E-state index is 6.76. The Labute approximate surface area is 286 Å². The van der Waals surface area contributed by atoms with E-state index in [1.807, 2.05) is 12.3 Å². The van der Waals surface area contributed by atoms with E-state index in [1.165, 1.54) is 21.8 Å². The third-order valence-corrected chi connectivity index (χ3v) is 10.2. The van der Waals surface area contributed by atoms with Crippen molar-refractivity contribution in [1.82, 2.24) is 14.5 Å². The van der Waals surface area contributed by atoms with Gasteiger partial charge in [-0.1, -0.05) is 109 Å². The molecular formula is C46H27N3O. The van der Waals surface area contributed by atoms with Crippen molar-refractivity contribution >= 4 is 76.3 Å². The van der Waals surface area contributed by atoms with Crippen LogP contribution < -0.4 is 0 Å². The minimum Gasteiger partial charge on any atom is -0.455 e. The average molecular weight is 638 g/mol. The first-order valence-corrected chi connectivity index (χ1v) is 16.9. The van der Waals surface area contributed by atoms with Crippen LogP contribution in [0.3, 0.4) is 0 Å². The standard InChI is InChI=1S/C46H27N3O/c1-2-16-35-32(13-1)36(30-10-7-11-31(26-30)38-24-23-29-22-21-28-12-9-25-47-44(28)45(29)48-38)27-37-43-41(19-8-20-42(43)50-46(35)37)49-39-17-5-3-14-33(39)34-15-4-6-18-40(34)49/h1-27H. The zero-order valence-electron chi connectivity index (χ0n) is 26.8. The first-order valence-electron chi connectivity index (χ1n) is 16.9. The van der Waals surface area contributed by atoms with Gasteiger partial charge in [0, 0.05) is 44.1 Å². The maximum absolute atomic E-state index is 6.76. The minimum absolute atomic E-state index is 0.872. The van der Waals surface area contributed by atoms with E-state index in [1.54, 1.807) is 0 Å². The Morgan fingerprint density at radius 3 is 1.98 bits per heavy atom. The maximum Gasteiger partial charge on any atom is 0.143 e. The molecule has 0 N–H and O–H groups in total. The summed E-state index contributed by atoms with van der Waals surface area (Å²) in [6.45, 7) is 0. The van der Waals surface area contributed by atoms with E-state index in [4.69, 9.17) is 9.40 Å². The highest BCUT2D eigenvalue weighted by atomic mass is 16.3. The van der Waals surface area contributed by atoms with E-state index >= 15 is 0 Å². The van der Waals surface area contributed by atoms with Crippen molar-refractivity contribution in [3.8, 4) is 28.1 Å². The summed E-state index contributed by atoms with van der Waals surface area (Å²) in [5, 5.41) is 9.09. The number of hydrogen-bond acceptors (Lipinski definition) is 3. The summed E-state index contributed by atoms with van der Waals surface area (Å²) in [6, 6.07) is 55.9. The van der Waals surface area contributed by atoms with Gasteiger partial charge in [-0.05, 0) is 65.0 Å². The number of para-hydroxylation sites is 2. The van der Waals surface area contributed by atoms with E-state index in [9.17, 15) is 0 Å². The number of nitrogens with zero attached hydrogens (tertiary/aromatic N) is 3. The molecule has 4 aromatic heterocycles. The zero-order valence-corrected chi connectivity index (χ0v) is 26.8. The Hall–Kier alpha value is -6.78. The second kappa shape index (κ2) is 10.4. The van der Waals surface area contributed by atoms with E-state index in [0.717, 1.165) is 82.6 Å². The number of benzene rings is 7. The quantitative estimate of drug-likeness (QED) is 0.181. The molecule has 0 aliphatic rings. The van der Waals surface area contributed by atoms with Crippen LogP contribution in [0.1, 0.15) is 0 Å². The first-order chi connectivity index (χ1) is 24.8. The lowest BCUT2D eigenvalue weighted by Gasteiger charge is -2.12. The highest BCUT2D eigenvalue weighted by Crippen LogP contribution is 2.44. The SMILES string of the molecule is c1cc(-c2ccc3ccc4cccnc4c3n2)cc(-c2cc3c(oc4cccc(-n5c6ccccc6c6ccccc65)c43)c3ccccc23)c1. The van der Waals surface area contributed by atoms with E-state index in [0.29, 0.717) is 0 Å². The molecule has 4 heteroatoms. The second-order valence-electron chi connectivity index (χ2n) is 13.0. The van der Waals surface area contributed by atoms with Crippen LogP contribution in [0.25, 0.3) is 104 Å². The smallest absolute Gasteiger partial charge is 0.143 e. The van der Waals surface area contributed by atoms with Crippen molar-refractivity contribution in [2.75, 3.05) is 0 Å². The highest BCUT2D eigenvalue weighted by Gasteiger charge is 2.20. The van der Waals surface area contributed by atoms with Gasteiger partial charge in [-0.25, -0.2) is 4.98 Å². The predicted molar refractivity (Wildman–Crippen MR) is 207 cm³/mol. The molecule has 0 radical (unpaired) electrons. The molecule has 232 valence electrons. The molecule has 4 nitrogen and oxygen atoms in total. The minimum atomic E-state index is 0.872. The largest absolute Gasteiger partial charge is 0.455 e. The van der Waals surface area contributed by atoms with Crippen molar-refractivity contribution < 1.29 is 4.42 Å². The summed E-state index contributed by atoms with van der Waals surface area (Å²) >= 11 is 0. The number of hydrogen-bond donors (Lipinski definition) is 0. The summed E-state index contributed by atoms with van der Waals surface area (Å²) in [7, 11) is 0. The molecule has 0 aliphatic carbocycles. The first kappa shape index (κ1) is 27.2. The van der Waals surface area contributed by atoms with Crippen molar-refractivity contribution in [3.05, 3.63) is 164 Å². The number of furan rings is 1. The van der Waals surface area contributed by atoms with Crippen LogP contribution in [0.2, 0.25) is 0 Å². The van der Waals surface area contributed by atoms with Crippen LogP contribution in [0.5, 0.6) is 0 Å². The van der Waals surface area contributed by atoms with Gasteiger partial charge < -0.3 is 8.98 Å². The van der Waals surface area contributed by atoms with Gasteiger partial charge in [-0.15, -0.1) is 0 Å². The predicted octanol–water partition coefficient (Wildman–Crippen LogP) is 12.3. The van der Waals surface area contributed by atoms with Crippen LogP contribution in [-0.2, 0) is 0 Å². The topological polar surface area (TPSA) is 43.9 Å². The monoisotopic (exact) mass is 637 g/mol. The Balaban J connectivity index is 1.17. The van der Waals surface area contributed by atoms with Crippen molar-refractivity contribution in [3.63, 3.8) is 0 Å². The molecule has 4 heterocycles. The normalized spacial score (nSPS) is 12.0. The molecule has 7 aromatic carbocycles. The molecule has 0 aliphatic heterocycles. The highest BCUT2D eigenvalue weighted by molar-refractivity contribution is 6.22. The summed E-state index contributed by atoms with van der Waals surface area (Å²) in [5.41, 5.74) is 11.3. The Morgan fingerprint density at radius 2 is 1.16 bits per heavy atom. The third-order valence-electron chi connectivity index (χ3n) is 10.2. The molecule has 0 unspecified atom stereocenters. The lowest BCUT2D eigenvalue weighted by molar-refractivity contribution is 0.672. The molecule has 0 saturated heterocycles. The average Bonchev–Trinajstić information content (AvgIpc) is 3.74.